The third-order valence-electron chi connectivity index (χ3n) is 4.71. The SMILES string of the molecule is Cc1nc(COc2cccc(C(=O)N3CCCC[C@H]3CCC(=O)O)c2)cs1. The van der Waals surface area contributed by atoms with Crippen LogP contribution in [0.1, 0.15) is 53.2 Å². The maximum atomic E-state index is 13.0. The quantitative estimate of drug-likeness (QED) is 0.778. The molecule has 6 nitrogen and oxygen atoms in total. The van der Waals surface area contributed by atoms with Crippen molar-refractivity contribution in [1.82, 2.24) is 9.88 Å². The molecule has 2 heterocycles. The zero-order valence-corrected chi connectivity index (χ0v) is 16.2. The van der Waals surface area contributed by atoms with E-state index in [0.717, 1.165) is 30.0 Å². The van der Waals surface area contributed by atoms with Gasteiger partial charge in [0.15, 0.2) is 0 Å². The average Bonchev–Trinajstić information content (AvgIpc) is 3.10. The summed E-state index contributed by atoms with van der Waals surface area (Å²) in [5.74, 6) is -0.244. The van der Waals surface area contributed by atoms with E-state index in [9.17, 15) is 9.59 Å². The van der Waals surface area contributed by atoms with E-state index in [-0.39, 0.29) is 18.4 Å². The van der Waals surface area contributed by atoms with Crippen LogP contribution in [0.2, 0.25) is 0 Å². The monoisotopic (exact) mass is 388 g/mol. The number of hydrogen-bond acceptors (Lipinski definition) is 5. The van der Waals surface area contributed by atoms with Crippen LogP contribution in [0.15, 0.2) is 29.6 Å². The molecule has 2 aromatic rings. The molecule has 0 radical (unpaired) electrons. The van der Waals surface area contributed by atoms with Crippen molar-refractivity contribution in [3.05, 3.63) is 45.9 Å². The van der Waals surface area contributed by atoms with Crippen LogP contribution < -0.4 is 4.74 Å². The molecular weight excluding hydrogens is 364 g/mol. The molecule has 1 aliphatic heterocycles. The number of likely N-dealkylation sites (tertiary alicyclic amines) is 1. The molecule has 7 heteroatoms. The average molecular weight is 388 g/mol. The Morgan fingerprint density at radius 2 is 2.22 bits per heavy atom. The molecule has 1 amide bonds. The van der Waals surface area contributed by atoms with E-state index >= 15 is 0 Å². The highest BCUT2D eigenvalue weighted by Crippen LogP contribution is 2.24. The number of carbonyl (C=O) groups excluding carboxylic acids is 1. The van der Waals surface area contributed by atoms with Crippen LogP contribution in [0.3, 0.4) is 0 Å². The molecule has 144 valence electrons. The lowest BCUT2D eigenvalue weighted by Gasteiger charge is -2.35. The number of rotatable bonds is 7. The summed E-state index contributed by atoms with van der Waals surface area (Å²) in [6, 6.07) is 7.17. The molecule has 3 rings (SSSR count). The minimum absolute atomic E-state index is 0.00935. The van der Waals surface area contributed by atoms with Crippen LogP contribution in [0.25, 0.3) is 0 Å². The molecule has 0 aliphatic carbocycles. The number of benzene rings is 1. The van der Waals surface area contributed by atoms with Crippen LogP contribution in [0.5, 0.6) is 5.75 Å². The zero-order valence-electron chi connectivity index (χ0n) is 15.4. The van der Waals surface area contributed by atoms with Gasteiger partial charge >= 0.3 is 5.97 Å². The molecule has 1 fully saturated rings. The fraction of sp³-hybridized carbons (Fsp3) is 0.450. The summed E-state index contributed by atoms with van der Waals surface area (Å²) in [7, 11) is 0. The topological polar surface area (TPSA) is 79.7 Å². The van der Waals surface area contributed by atoms with E-state index in [1.54, 1.807) is 23.5 Å². The van der Waals surface area contributed by atoms with Crippen molar-refractivity contribution in [2.24, 2.45) is 0 Å². The largest absolute Gasteiger partial charge is 0.487 e. The summed E-state index contributed by atoms with van der Waals surface area (Å²) in [4.78, 5) is 30.1. The Morgan fingerprint density at radius 1 is 1.37 bits per heavy atom. The number of amides is 1. The highest BCUT2D eigenvalue weighted by atomic mass is 32.1. The van der Waals surface area contributed by atoms with Crippen molar-refractivity contribution in [2.75, 3.05) is 6.54 Å². The van der Waals surface area contributed by atoms with Gasteiger partial charge in [0.05, 0.1) is 10.7 Å². The van der Waals surface area contributed by atoms with Gasteiger partial charge in [-0.15, -0.1) is 11.3 Å². The minimum Gasteiger partial charge on any atom is -0.487 e. The van der Waals surface area contributed by atoms with Gasteiger partial charge in [0.25, 0.3) is 5.91 Å². The Hall–Kier alpha value is -2.41. The van der Waals surface area contributed by atoms with Crippen molar-refractivity contribution in [1.29, 1.82) is 0 Å². The fourth-order valence-corrected chi connectivity index (χ4v) is 3.97. The first-order chi connectivity index (χ1) is 13.0. The molecule has 1 aromatic carbocycles. The Labute approximate surface area is 162 Å². The molecule has 27 heavy (non-hydrogen) atoms. The molecule has 0 spiro atoms. The second-order valence-electron chi connectivity index (χ2n) is 6.75. The van der Waals surface area contributed by atoms with Gasteiger partial charge in [0.2, 0.25) is 0 Å². The molecule has 1 saturated heterocycles. The first kappa shape index (κ1) is 19.4. The maximum absolute atomic E-state index is 13.0. The smallest absolute Gasteiger partial charge is 0.303 e. The Morgan fingerprint density at radius 3 is 2.96 bits per heavy atom. The number of aryl methyl sites for hydroxylation is 1. The first-order valence-corrected chi connectivity index (χ1v) is 10.1. The molecule has 0 saturated carbocycles. The van der Waals surface area contributed by atoms with E-state index in [4.69, 9.17) is 9.84 Å². The summed E-state index contributed by atoms with van der Waals surface area (Å²) in [6.45, 7) is 2.99. The van der Waals surface area contributed by atoms with E-state index < -0.39 is 5.97 Å². The van der Waals surface area contributed by atoms with E-state index in [2.05, 4.69) is 4.98 Å². The number of nitrogens with zero attached hydrogens (tertiary/aromatic N) is 2. The highest BCUT2D eigenvalue weighted by molar-refractivity contribution is 7.09. The van der Waals surface area contributed by atoms with Crippen LogP contribution in [0.4, 0.5) is 0 Å². The minimum atomic E-state index is -0.819. The standard InChI is InChI=1S/C20H24N2O4S/c1-14-21-16(13-27-14)12-26-18-7-4-5-15(11-18)20(25)22-10-3-2-6-17(22)8-9-19(23)24/h4-5,7,11,13,17H,2-3,6,8-10,12H2,1H3,(H,23,24)/t17-/m0/s1. The summed E-state index contributed by atoms with van der Waals surface area (Å²) < 4.78 is 5.79. The summed E-state index contributed by atoms with van der Waals surface area (Å²) in [6.07, 6.45) is 3.43. The normalized spacial score (nSPS) is 16.9. The molecular formula is C20H24N2O4S. The van der Waals surface area contributed by atoms with Gasteiger partial charge in [0, 0.05) is 30.0 Å². The van der Waals surface area contributed by atoms with Crippen LogP contribution in [-0.2, 0) is 11.4 Å². The molecule has 0 bridgehead atoms. The number of aliphatic carboxylic acids is 1. The maximum Gasteiger partial charge on any atom is 0.303 e. The van der Waals surface area contributed by atoms with Crippen LogP contribution in [-0.4, -0.2) is 39.5 Å². The second kappa shape index (κ2) is 8.99. The predicted octanol–water partition coefficient (Wildman–Crippen LogP) is 3.89. The zero-order chi connectivity index (χ0) is 19.2. The lowest BCUT2D eigenvalue weighted by molar-refractivity contribution is -0.137. The van der Waals surface area contributed by atoms with Gasteiger partial charge in [-0.2, -0.15) is 0 Å². The van der Waals surface area contributed by atoms with Gasteiger partial charge in [0.1, 0.15) is 12.4 Å². The number of carboxylic acid groups (broad SMARTS) is 1. The van der Waals surface area contributed by atoms with Crippen molar-refractivity contribution in [2.45, 2.75) is 51.7 Å². The molecule has 1 N–H and O–H groups in total. The van der Waals surface area contributed by atoms with E-state index in [1.165, 1.54) is 0 Å². The molecule has 1 aromatic heterocycles. The summed E-state index contributed by atoms with van der Waals surface area (Å²) in [5.41, 5.74) is 1.45. The van der Waals surface area contributed by atoms with Crippen LogP contribution in [0, 0.1) is 6.92 Å². The van der Waals surface area contributed by atoms with Gasteiger partial charge < -0.3 is 14.7 Å². The second-order valence-corrected chi connectivity index (χ2v) is 7.82. The Bertz CT molecular complexity index is 805. The summed E-state index contributed by atoms with van der Waals surface area (Å²) in [5, 5.41) is 11.9. The third kappa shape index (κ3) is 5.29. The predicted molar refractivity (Wildman–Crippen MR) is 103 cm³/mol. The number of aromatic nitrogens is 1. The van der Waals surface area contributed by atoms with Gasteiger partial charge in [-0.3, -0.25) is 9.59 Å². The summed E-state index contributed by atoms with van der Waals surface area (Å²) >= 11 is 1.58. The van der Waals surface area contributed by atoms with Crippen molar-refractivity contribution >= 4 is 23.2 Å². The van der Waals surface area contributed by atoms with Gasteiger partial charge in [-0.05, 0) is 50.8 Å². The van der Waals surface area contributed by atoms with E-state index in [0.29, 0.717) is 30.9 Å². The van der Waals surface area contributed by atoms with Gasteiger partial charge in [-0.25, -0.2) is 4.98 Å². The van der Waals surface area contributed by atoms with Crippen LogP contribution >= 0.6 is 11.3 Å². The number of thiazole rings is 1. The number of carboxylic acids is 1. The molecule has 1 aliphatic rings. The number of carbonyl (C=O) groups is 2. The van der Waals surface area contributed by atoms with Crippen molar-refractivity contribution in [3.63, 3.8) is 0 Å². The van der Waals surface area contributed by atoms with Gasteiger partial charge in [-0.1, -0.05) is 6.07 Å². The van der Waals surface area contributed by atoms with Crippen molar-refractivity contribution < 1.29 is 19.4 Å². The van der Waals surface area contributed by atoms with E-state index in [1.807, 2.05) is 29.3 Å². The number of hydrogen-bond donors (Lipinski definition) is 1. The lowest BCUT2D eigenvalue weighted by Crippen LogP contribution is -2.44. The Balaban J connectivity index is 1.66. The van der Waals surface area contributed by atoms with Crippen molar-refractivity contribution in [3.8, 4) is 5.75 Å². The number of piperidine rings is 1. The molecule has 1 atom stereocenters. The Kier molecular flexibility index (Phi) is 6.45. The third-order valence-corrected chi connectivity index (χ3v) is 5.54. The number of ether oxygens (including phenoxy) is 1. The lowest BCUT2D eigenvalue weighted by atomic mass is 9.97. The fourth-order valence-electron chi connectivity index (χ4n) is 3.37. The highest BCUT2D eigenvalue weighted by Gasteiger charge is 2.28. The molecule has 0 unspecified atom stereocenters. The first-order valence-electron chi connectivity index (χ1n) is 9.19.